The van der Waals surface area contributed by atoms with Crippen molar-refractivity contribution in [2.45, 2.75) is 32.7 Å². The molecule has 3 nitrogen and oxygen atoms in total. The van der Waals surface area contributed by atoms with Gasteiger partial charge < -0.3 is 15.0 Å². The molecule has 106 valence electrons. The van der Waals surface area contributed by atoms with E-state index in [1.807, 2.05) is 12.1 Å². The van der Waals surface area contributed by atoms with E-state index in [9.17, 15) is 0 Å². The highest BCUT2D eigenvalue weighted by molar-refractivity contribution is 5.48. The Balaban J connectivity index is 1.94. The van der Waals surface area contributed by atoms with Gasteiger partial charge in [-0.3, -0.25) is 0 Å². The number of ether oxygens (including phenoxy) is 1. The maximum absolute atomic E-state index is 5.27. The van der Waals surface area contributed by atoms with Crippen molar-refractivity contribution in [2.75, 3.05) is 32.1 Å². The lowest BCUT2D eigenvalue weighted by molar-refractivity contribution is 0.172. The van der Waals surface area contributed by atoms with E-state index in [0.29, 0.717) is 6.04 Å². The van der Waals surface area contributed by atoms with Crippen LogP contribution in [-0.2, 0) is 0 Å². The second-order valence-electron chi connectivity index (χ2n) is 5.46. The number of piperidine rings is 1. The molecular weight excluding hydrogens is 236 g/mol. The lowest BCUT2D eigenvalue weighted by Crippen LogP contribution is -2.41. The van der Waals surface area contributed by atoms with Gasteiger partial charge in [-0.25, -0.2) is 0 Å². The average Bonchev–Trinajstić information content (AvgIpc) is 2.47. The molecule has 0 amide bonds. The maximum atomic E-state index is 5.27. The molecule has 0 spiro atoms. The van der Waals surface area contributed by atoms with E-state index in [1.165, 1.54) is 32.5 Å². The normalized spacial score (nSPS) is 21.9. The van der Waals surface area contributed by atoms with Gasteiger partial charge in [-0.15, -0.1) is 0 Å². The fraction of sp³-hybridized carbons (Fsp3) is 0.625. The number of benzene rings is 1. The molecule has 1 heterocycles. The molecule has 2 rings (SSSR count). The van der Waals surface area contributed by atoms with E-state index in [0.717, 1.165) is 17.4 Å². The van der Waals surface area contributed by atoms with Crippen LogP contribution in [-0.4, -0.2) is 37.7 Å². The maximum Gasteiger partial charge on any atom is 0.120 e. The zero-order valence-corrected chi connectivity index (χ0v) is 12.4. The van der Waals surface area contributed by atoms with Gasteiger partial charge in [0, 0.05) is 24.3 Å². The second-order valence-corrected chi connectivity index (χ2v) is 5.46. The van der Waals surface area contributed by atoms with Crippen molar-refractivity contribution in [1.82, 2.24) is 4.90 Å². The molecular formula is C16H26N2O. The molecule has 0 aromatic heterocycles. The third-order valence-corrected chi connectivity index (χ3v) is 4.16. The van der Waals surface area contributed by atoms with Gasteiger partial charge in [0.05, 0.1) is 7.11 Å². The van der Waals surface area contributed by atoms with Crippen molar-refractivity contribution in [3.8, 4) is 5.75 Å². The minimum absolute atomic E-state index is 0.501. The van der Waals surface area contributed by atoms with Crippen molar-refractivity contribution < 1.29 is 4.74 Å². The molecule has 1 fully saturated rings. The van der Waals surface area contributed by atoms with Crippen molar-refractivity contribution in [1.29, 1.82) is 0 Å². The van der Waals surface area contributed by atoms with Crippen molar-refractivity contribution in [3.63, 3.8) is 0 Å². The highest BCUT2D eigenvalue weighted by atomic mass is 16.5. The van der Waals surface area contributed by atoms with Crippen molar-refractivity contribution in [2.24, 2.45) is 5.92 Å². The minimum Gasteiger partial charge on any atom is -0.497 e. The van der Waals surface area contributed by atoms with Gasteiger partial charge in [-0.2, -0.15) is 0 Å². The van der Waals surface area contributed by atoms with Gasteiger partial charge in [-0.05, 0) is 50.9 Å². The Kier molecular flexibility index (Phi) is 5.08. The van der Waals surface area contributed by atoms with Crippen LogP contribution in [0.5, 0.6) is 5.75 Å². The van der Waals surface area contributed by atoms with Gasteiger partial charge in [0.2, 0.25) is 0 Å². The molecule has 2 atom stereocenters. The summed E-state index contributed by atoms with van der Waals surface area (Å²) in [5, 5.41) is 3.62. The van der Waals surface area contributed by atoms with Crippen molar-refractivity contribution >= 4 is 5.69 Å². The molecule has 0 bridgehead atoms. The molecule has 19 heavy (non-hydrogen) atoms. The topological polar surface area (TPSA) is 24.5 Å². The van der Waals surface area contributed by atoms with Crippen molar-refractivity contribution in [3.05, 3.63) is 24.3 Å². The summed E-state index contributed by atoms with van der Waals surface area (Å²) in [7, 11) is 1.71. The fourth-order valence-corrected chi connectivity index (χ4v) is 2.88. The average molecular weight is 262 g/mol. The Morgan fingerprint density at radius 2 is 2.32 bits per heavy atom. The lowest BCUT2D eigenvalue weighted by atomic mass is 9.91. The van der Waals surface area contributed by atoms with E-state index in [-0.39, 0.29) is 0 Å². The third-order valence-electron chi connectivity index (χ3n) is 4.16. The Morgan fingerprint density at radius 1 is 1.47 bits per heavy atom. The predicted molar refractivity (Wildman–Crippen MR) is 80.9 cm³/mol. The Morgan fingerprint density at radius 3 is 3.05 bits per heavy atom. The SMILES string of the molecule is CCN1CCCC(C(C)Nc2cccc(OC)c2)C1. The highest BCUT2D eigenvalue weighted by Crippen LogP contribution is 2.24. The first-order valence-corrected chi connectivity index (χ1v) is 7.36. The molecule has 0 radical (unpaired) electrons. The van der Waals surface area contributed by atoms with E-state index < -0.39 is 0 Å². The quantitative estimate of drug-likeness (QED) is 0.881. The Labute approximate surface area is 116 Å². The molecule has 1 N–H and O–H groups in total. The van der Waals surface area contributed by atoms with Crippen LogP contribution in [0.3, 0.4) is 0 Å². The van der Waals surface area contributed by atoms with Gasteiger partial charge >= 0.3 is 0 Å². The summed E-state index contributed by atoms with van der Waals surface area (Å²) in [6, 6.07) is 8.69. The van der Waals surface area contributed by atoms with Crippen LogP contribution >= 0.6 is 0 Å². The molecule has 1 aliphatic heterocycles. The first kappa shape index (κ1) is 14.2. The highest BCUT2D eigenvalue weighted by Gasteiger charge is 2.23. The van der Waals surface area contributed by atoms with E-state index in [4.69, 9.17) is 4.74 Å². The number of nitrogens with one attached hydrogen (secondary N) is 1. The molecule has 1 aromatic rings. The number of nitrogens with zero attached hydrogens (tertiary/aromatic N) is 1. The van der Waals surface area contributed by atoms with E-state index in [1.54, 1.807) is 7.11 Å². The molecule has 1 aliphatic rings. The van der Waals surface area contributed by atoms with Crippen LogP contribution in [0, 0.1) is 5.92 Å². The largest absolute Gasteiger partial charge is 0.497 e. The van der Waals surface area contributed by atoms with Gasteiger partial charge in [0.1, 0.15) is 5.75 Å². The molecule has 2 unspecified atom stereocenters. The van der Waals surface area contributed by atoms with E-state index in [2.05, 4.69) is 36.2 Å². The molecule has 1 saturated heterocycles. The van der Waals surface area contributed by atoms with Crippen LogP contribution in [0.25, 0.3) is 0 Å². The monoisotopic (exact) mass is 262 g/mol. The third kappa shape index (κ3) is 3.87. The zero-order valence-electron chi connectivity index (χ0n) is 12.4. The second kappa shape index (κ2) is 6.80. The first-order chi connectivity index (χ1) is 9.22. The Bertz CT molecular complexity index is 394. The van der Waals surface area contributed by atoms with Crippen LogP contribution in [0.1, 0.15) is 26.7 Å². The minimum atomic E-state index is 0.501. The first-order valence-electron chi connectivity index (χ1n) is 7.36. The van der Waals surface area contributed by atoms with E-state index >= 15 is 0 Å². The molecule has 1 aromatic carbocycles. The number of hydrogen-bond donors (Lipinski definition) is 1. The number of rotatable bonds is 5. The van der Waals surface area contributed by atoms with Gasteiger partial charge in [0.25, 0.3) is 0 Å². The summed E-state index contributed by atoms with van der Waals surface area (Å²) in [5.74, 6) is 1.65. The van der Waals surface area contributed by atoms with Gasteiger partial charge in [-0.1, -0.05) is 13.0 Å². The molecule has 0 saturated carbocycles. The summed E-state index contributed by atoms with van der Waals surface area (Å²) in [6.45, 7) is 8.20. The number of likely N-dealkylation sites (tertiary alicyclic amines) is 1. The fourth-order valence-electron chi connectivity index (χ4n) is 2.88. The van der Waals surface area contributed by atoms with Crippen LogP contribution < -0.4 is 10.1 Å². The van der Waals surface area contributed by atoms with Gasteiger partial charge in [0.15, 0.2) is 0 Å². The summed E-state index contributed by atoms with van der Waals surface area (Å²) in [5.41, 5.74) is 1.15. The van der Waals surface area contributed by atoms with Crippen LogP contribution in [0.4, 0.5) is 5.69 Å². The predicted octanol–water partition coefficient (Wildman–Crippen LogP) is 3.23. The Hall–Kier alpha value is -1.22. The van der Waals surface area contributed by atoms with Crippen LogP contribution in [0.15, 0.2) is 24.3 Å². The summed E-state index contributed by atoms with van der Waals surface area (Å²) < 4.78 is 5.27. The summed E-state index contributed by atoms with van der Waals surface area (Å²) in [6.07, 6.45) is 2.65. The number of methoxy groups -OCH3 is 1. The summed E-state index contributed by atoms with van der Waals surface area (Å²) in [4.78, 5) is 2.55. The summed E-state index contributed by atoms with van der Waals surface area (Å²) >= 11 is 0. The standard InChI is InChI=1S/C16H26N2O/c1-4-18-10-6-7-14(12-18)13(2)17-15-8-5-9-16(11-15)19-3/h5,8-9,11,13-14,17H,4,6-7,10,12H2,1-3H3. The number of hydrogen-bond acceptors (Lipinski definition) is 3. The zero-order chi connectivity index (χ0) is 13.7. The lowest BCUT2D eigenvalue weighted by Gasteiger charge is -2.35. The number of anilines is 1. The smallest absolute Gasteiger partial charge is 0.120 e. The molecule has 0 aliphatic carbocycles. The van der Waals surface area contributed by atoms with Crippen LogP contribution in [0.2, 0.25) is 0 Å². The molecule has 3 heteroatoms.